The Morgan fingerprint density at radius 2 is 1.42 bits per heavy atom. The van der Waals surface area contributed by atoms with Crippen molar-refractivity contribution in [2.75, 3.05) is 0 Å². The monoisotopic (exact) mass is 440 g/mol. The molecule has 0 amide bonds. The Morgan fingerprint density at radius 1 is 0.875 bits per heavy atom. The van der Waals surface area contributed by atoms with Gasteiger partial charge in [0.15, 0.2) is 0 Å². The van der Waals surface area contributed by atoms with E-state index in [0.717, 1.165) is 9.13 Å². The van der Waals surface area contributed by atoms with Crippen LogP contribution >= 0.6 is 20.6 Å². The van der Waals surface area contributed by atoms with E-state index in [9.17, 15) is 9.59 Å². The van der Waals surface area contributed by atoms with Crippen LogP contribution in [0.25, 0.3) is 0 Å². The summed E-state index contributed by atoms with van der Waals surface area (Å²) < 4.78 is 11.6. The molecule has 0 aliphatic heterocycles. The van der Waals surface area contributed by atoms with Crippen LogP contribution in [0, 0.1) is 17.4 Å². The van der Waals surface area contributed by atoms with Gasteiger partial charge in [0, 0.05) is 0 Å². The van der Waals surface area contributed by atoms with E-state index in [2.05, 4.69) is 26.0 Å². The van der Waals surface area contributed by atoms with Gasteiger partial charge in [-0.15, -0.1) is 0 Å². The fourth-order valence-corrected chi connectivity index (χ4v) is 5.54. The topological polar surface area (TPSA) is 52.6 Å². The second kappa shape index (κ2) is 8.28. The summed E-state index contributed by atoms with van der Waals surface area (Å²) in [4.78, 5) is 22.8. The number of hydrogen-bond donors (Lipinski definition) is 0. The summed E-state index contributed by atoms with van der Waals surface area (Å²) in [5.74, 6) is -0.855. The molecule has 0 heterocycles. The molecule has 128 valence electrons. The van der Waals surface area contributed by atoms with Crippen molar-refractivity contribution in [1.29, 1.82) is 0 Å². The van der Waals surface area contributed by atoms with E-state index in [-0.39, 0.29) is 0 Å². The van der Waals surface area contributed by atoms with Gasteiger partial charge in [0.2, 0.25) is 0 Å². The zero-order valence-corrected chi connectivity index (χ0v) is 16.4. The molecule has 0 saturated carbocycles. The van der Waals surface area contributed by atoms with Gasteiger partial charge in [0.25, 0.3) is 0 Å². The van der Waals surface area contributed by atoms with Crippen molar-refractivity contribution in [1.82, 2.24) is 0 Å². The number of rotatable bonds is 5. The van der Waals surface area contributed by atoms with Crippen LogP contribution in [0.3, 0.4) is 0 Å². The quantitative estimate of drug-likeness (QED) is 0.642. The van der Waals surface area contributed by atoms with Gasteiger partial charge in [-0.25, -0.2) is 0 Å². The van der Waals surface area contributed by atoms with E-state index in [1.165, 1.54) is 30.5 Å². The van der Waals surface area contributed by atoms with Crippen molar-refractivity contribution in [3.05, 3.63) is 68.3 Å². The van der Waals surface area contributed by atoms with E-state index in [1.807, 2.05) is 30.3 Å². The minimum absolute atomic E-state index is 0.427. The Morgan fingerprint density at radius 3 is 1.96 bits per heavy atom. The number of carbonyl (C=O) groups excluding carboxylic acids is 2. The van der Waals surface area contributed by atoms with Crippen LogP contribution in [0.15, 0.2) is 42.5 Å². The molecule has 0 aromatic heterocycles. The van der Waals surface area contributed by atoms with Gasteiger partial charge in [-0.2, -0.15) is 0 Å². The van der Waals surface area contributed by atoms with Crippen molar-refractivity contribution in [3.63, 3.8) is 0 Å². The van der Waals surface area contributed by atoms with Crippen molar-refractivity contribution in [2.24, 2.45) is 0 Å². The number of aryl methyl sites for hydroxylation is 2. The van der Waals surface area contributed by atoms with Crippen LogP contribution in [0.2, 0.25) is 0 Å². The molecule has 2 rings (SSSR count). The molecule has 0 aliphatic rings. The predicted molar refractivity (Wildman–Crippen MR) is 101 cm³/mol. The molecular formula is C19H21IO4. The van der Waals surface area contributed by atoms with Gasteiger partial charge in [0.1, 0.15) is 0 Å². The molecule has 4 nitrogen and oxygen atoms in total. The van der Waals surface area contributed by atoms with Gasteiger partial charge in [0.05, 0.1) is 0 Å². The Bertz CT molecular complexity index is 719. The molecule has 0 atom stereocenters. The first-order valence-corrected chi connectivity index (χ1v) is 10.4. The summed E-state index contributed by atoms with van der Waals surface area (Å²) in [6.45, 7) is 6.84. The molecule has 0 spiro atoms. The van der Waals surface area contributed by atoms with Crippen LogP contribution in [0.5, 0.6) is 0 Å². The Hall–Kier alpha value is -1.89. The summed E-state index contributed by atoms with van der Waals surface area (Å²) in [6.07, 6.45) is 0.713. The molecule has 5 heteroatoms. The zero-order chi connectivity index (χ0) is 17.7. The van der Waals surface area contributed by atoms with Crippen molar-refractivity contribution < 1.29 is 15.7 Å². The number of hydrogen-bond acceptors (Lipinski definition) is 4. The molecule has 2 aromatic rings. The molecule has 24 heavy (non-hydrogen) atoms. The van der Waals surface area contributed by atoms with Gasteiger partial charge < -0.3 is 0 Å². The van der Waals surface area contributed by atoms with E-state index < -0.39 is 32.6 Å². The van der Waals surface area contributed by atoms with E-state index in [1.54, 1.807) is 0 Å². The van der Waals surface area contributed by atoms with Gasteiger partial charge >= 0.3 is 151 Å². The maximum atomic E-state index is 11.4. The van der Waals surface area contributed by atoms with Crippen LogP contribution in [0.4, 0.5) is 0 Å². The summed E-state index contributed by atoms with van der Waals surface area (Å²) >= 11 is -2.82. The predicted octanol–water partition coefficient (Wildman–Crippen LogP) is 4.53. The second-order valence-electron chi connectivity index (χ2n) is 5.49. The molecule has 0 aliphatic carbocycles. The van der Waals surface area contributed by atoms with Gasteiger partial charge in [-0.05, 0) is 0 Å². The Balaban J connectivity index is 2.41. The SMILES string of the molecule is CC(=O)OI(OC(C)=O)c1ccccc1Cc1c(C)cccc1C. The average Bonchev–Trinajstić information content (AvgIpc) is 2.50. The fraction of sp³-hybridized carbons (Fsp3) is 0.263. The molecule has 0 saturated heterocycles. The summed E-state index contributed by atoms with van der Waals surface area (Å²) in [7, 11) is 0. The molecule has 0 bridgehead atoms. The van der Waals surface area contributed by atoms with E-state index in [4.69, 9.17) is 6.13 Å². The number of benzene rings is 2. The summed E-state index contributed by atoms with van der Waals surface area (Å²) in [6, 6.07) is 13.9. The Kier molecular flexibility index (Phi) is 6.36. The first kappa shape index (κ1) is 18.4. The summed E-state index contributed by atoms with van der Waals surface area (Å²) in [5.41, 5.74) is 4.70. The van der Waals surface area contributed by atoms with E-state index >= 15 is 0 Å². The fourth-order valence-electron chi connectivity index (χ4n) is 2.41. The first-order chi connectivity index (χ1) is 11.4. The third kappa shape index (κ3) is 4.80. The molecule has 0 fully saturated rings. The average molecular weight is 440 g/mol. The van der Waals surface area contributed by atoms with Crippen LogP contribution in [-0.2, 0) is 22.1 Å². The second-order valence-corrected chi connectivity index (χ2v) is 8.78. The normalized spacial score (nSPS) is 10.9. The van der Waals surface area contributed by atoms with Crippen LogP contribution < -0.4 is 0 Å². The molecule has 2 aromatic carbocycles. The van der Waals surface area contributed by atoms with Crippen LogP contribution in [0.1, 0.15) is 36.1 Å². The number of carbonyl (C=O) groups is 2. The summed E-state index contributed by atoms with van der Waals surface area (Å²) in [5, 5.41) is 0. The Labute approximate surface area is 150 Å². The third-order valence-corrected chi connectivity index (χ3v) is 7.53. The molecule has 0 N–H and O–H groups in total. The van der Waals surface area contributed by atoms with Gasteiger partial charge in [-0.1, -0.05) is 0 Å². The zero-order valence-electron chi connectivity index (χ0n) is 14.3. The number of halogens is 1. The molecular weight excluding hydrogens is 419 g/mol. The van der Waals surface area contributed by atoms with Crippen molar-refractivity contribution >= 4 is 32.6 Å². The molecule has 0 unspecified atom stereocenters. The van der Waals surface area contributed by atoms with Crippen LogP contribution in [-0.4, -0.2) is 11.9 Å². The minimum atomic E-state index is -2.82. The third-order valence-electron chi connectivity index (χ3n) is 3.49. The van der Waals surface area contributed by atoms with Crippen molar-refractivity contribution in [3.8, 4) is 0 Å². The van der Waals surface area contributed by atoms with Gasteiger partial charge in [-0.3, -0.25) is 0 Å². The maximum absolute atomic E-state index is 11.4. The van der Waals surface area contributed by atoms with E-state index in [0.29, 0.717) is 6.42 Å². The molecule has 0 radical (unpaired) electrons. The van der Waals surface area contributed by atoms with Crippen molar-refractivity contribution in [2.45, 2.75) is 34.1 Å². The first-order valence-electron chi connectivity index (χ1n) is 7.59. The standard InChI is InChI=1S/C19H21IO4/c1-13-8-7-9-14(2)18(13)12-17-10-5-6-11-19(17)20(23-15(3)21)24-16(4)22/h5-11H,12H2,1-4H3.